The second-order valence-electron chi connectivity index (χ2n) is 4.45. The van der Waals surface area contributed by atoms with Crippen LogP contribution in [-0.4, -0.2) is 33.0 Å². The van der Waals surface area contributed by atoms with Crippen molar-refractivity contribution in [2.75, 3.05) is 6.54 Å². The second kappa shape index (κ2) is 6.60. The van der Waals surface area contributed by atoms with E-state index in [-0.39, 0.29) is 29.8 Å². The van der Waals surface area contributed by atoms with Gasteiger partial charge in [0.1, 0.15) is 17.4 Å². The van der Waals surface area contributed by atoms with Crippen molar-refractivity contribution >= 4 is 22.5 Å². The molecule has 0 aliphatic heterocycles. The molecular formula is C13H13ClN4O3. The van der Waals surface area contributed by atoms with Gasteiger partial charge < -0.3 is 15.3 Å². The number of phenolic OH excluding ortho intramolecular Hbond substituents is 1. The van der Waals surface area contributed by atoms with Crippen LogP contribution in [0.25, 0.3) is 21.3 Å². The van der Waals surface area contributed by atoms with Gasteiger partial charge in [-0.25, -0.2) is 0 Å². The summed E-state index contributed by atoms with van der Waals surface area (Å²) in [6.07, 6.45) is -1.00. The predicted molar refractivity (Wildman–Crippen MR) is 78.0 cm³/mol. The molecule has 2 aromatic rings. The van der Waals surface area contributed by atoms with Crippen LogP contribution in [0.15, 0.2) is 29.5 Å². The first kappa shape index (κ1) is 15.3. The van der Waals surface area contributed by atoms with Crippen LogP contribution in [0.4, 0.5) is 0 Å². The van der Waals surface area contributed by atoms with E-state index in [0.717, 1.165) is 0 Å². The van der Waals surface area contributed by atoms with Gasteiger partial charge in [-0.15, -0.1) is 0 Å². The number of aromatic nitrogens is 1. The third kappa shape index (κ3) is 3.17. The van der Waals surface area contributed by atoms with E-state index in [4.69, 9.17) is 17.1 Å². The Hall–Kier alpha value is -2.05. The van der Waals surface area contributed by atoms with Crippen molar-refractivity contribution in [3.63, 3.8) is 0 Å². The fourth-order valence-corrected chi connectivity index (χ4v) is 2.30. The lowest BCUT2D eigenvalue weighted by Gasteiger charge is -2.19. The van der Waals surface area contributed by atoms with E-state index in [1.165, 1.54) is 12.3 Å². The van der Waals surface area contributed by atoms with Crippen LogP contribution >= 0.6 is 11.6 Å². The first-order chi connectivity index (χ1) is 10.1. The molecule has 3 N–H and O–H groups in total. The van der Waals surface area contributed by atoms with Gasteiger partial charge in [0.05, 0.1) is 11.1 Å². The number of hydrogen-bond acceptors (Lipinski definition) is 5. The molecule has 2 rings (SSSR count). The molecule has 0 fully saturated rings. The normalized spacial score (nSPS) is 13.7. The van der Waals surface area contributed by atoms with Crippen molar-refractivity contribution in [1.82, 2.24) is 4.98 Å². The number of aliphatic hydroxyl groups excluding tert-OH is 2. The fourth-order valence-electron chi connectivity index (χ4n) is 2.03. The highest BCUT2D eigenvalue weighted by atomic mass is 35.5. The summed E-state index contributed by atoms with van der Waals surface area (Å²) in [5, 5.41) is 34.3. The van der Waals surface area contributed by atoms with Crippen LogP contribution in [-0.2, 0) is 0 Å². The standard InChI is InChI=1S/C13H13ClN4O3/c14-9-6-8(12(20)10(19)3-5-17-18-15)13(21)11-7(9)2-1-4-16-11/h1-2,4,6,10,12,19-21H,3,5H2. The molecule has 1 heterocycles. The monoisotopic (exact) mass is 308 g/mol. The summed E-state index contributed by atoms with van der Waals surface area (Å²) >= 11 is 6.10. The van der Waals surface area contributed by atoms with E-state index >= 15 is 0 Å². The minimum absolute atomic E-state index is 0.0368. The largest absolute Gasteiger partial charge is 0.505 e. The maximum atomic E-state index is 10.2. The van der Waals surface area contributed by atoms with E-state index in [2.05, 4.69) is 15.0 Å². The van der Waals surface area contributed by atoms with Crippen molar-refractivity contribution in [2.45, 2.75) is 18.6 Å². The Balaban J connectivity index is 2.37. The van der Waals surface area contributed by atoms with Crippen LogP contribution in [0.2, 0.25) is 5.02 Å². The quantitative estimate of drug-likeness (QED) is 0.446. The van der Waals surface area contributed by atoms with Crippen LogP contribution in [0.5, 0.6) is 5.75 Å². The third-order valence-electron chi connectivity index (χ3n) is 3.12. The number of pyridine rings is 1. The van der Waals surface area contributed by atoms with Gasteiger partial charge in [-0.05, 0) is 30.2 Å². The number of fused-ring (bicyclic) bond motifs is 1. The zero-order valence-electron chi connectivity index (χ0n) is 10.9. The van der Waals surface area contributed by atoms with Gasteiger partial charge in [0.2, 0.25) is 0 Å². The van der Waals surface area contributed by atoms with Gasteiger partial charge in [0.15, 0.2) is 0 Å². The molecule has 0 radical (unpaired) electrons. The van der Waals surface area contributed by atoms with E-state index < -0.39 is 12.2 Å². The molecule has 0 saturated carbocycles. The Morgan fingerprint density at radius 1 is 1.43 bits per heavy atom. The summed E-state index contributed by atoms with van der Waals surface area (Å²) < 4.78 is 0. The SMILES string of the molecule is [N-]=[N+]=NCCC(O)C(O)c1cc(Cl)c2cccnc2c1O. The second-order valence-corrected chi connectivity index (χ2v) is 4.86. The molecular weight excluding hydrogens is 296 g/mol. The van der Waals surface area contributed by atoms with Crippen LogP contribution in [0.3, 0.4) is 0 Å². The average molecular weight is 309 g/mol. The molecule has 2 unspecified atom stereocenters. The van der Waals surface area contributed by atoms with E-state index in [1.54, 1.807) is 12.1 Å². The lowest BCUT2D eigenvalue weighted by molar-refractivity contribution is 0.0138. The number of aromatic hydroxyl groups is 1. The van der Waals surface area contributed by atoms with Crippen molar-refractivity contribution in [3.8, 4) is 5.75 Å². The number of phenols is 1. The maximum Gasteiger partial charge on any atom is 0.147 e. The van der Waals surface area contributed by atoms with Gasteiger partial charge in [0, 0.05) is 28.6 Å². The summed E-state index contributed by atoms with van der Waals surface area (Å²) in [5.41, 5.74) is 8.52. The third-order valence-corrected chi connectivity index (χ3v) is 3.43. The minimum Gasteiger partial charge on any atom is -0.505 e. The summed E-state index contributed by atoms with van der Waals surface area (Å²) in [4.78, 5) is 6.59. The van der Waals surface area contributed by atoms with E-state index in [0.29, 0.717) is 10.4 Å². The molecule has 0 bridgehead atoms. The molecule has 110 valence electrons. The Kier molecular flexibility index (Phi) is 4.82. The van der Waals surface area contributed by atoms with Crippen LogP contribution in [0, 0.1) is 0 Å². The molecule has 0 aliphatic carbocycles. The Morgan fingerprint density at radius 2 is 2.19 bits per heavy atom. The Bertz CT molecular complexity index is 703. The molecule has 1 aromatic carbocycles. The lowest BCUT2D eigenvalue weighted by Crippen LogP contribution is -2.19. The first-order valence-electron chi connectivity index (χ1n) is 6.19. The number of hydrogen-bond donors (Lipinski definition) is 3. The predicted octanol–water partition coefficient (Wildman–Crippen LogP) is 2.69. The molecule has 0 aliphatic rings. The van der Waals surface area contributed by atoms with Gasteiger partial charge in [-0.2, -0.15) is 0 Å². The topological polar surface area (TPSA) is 122 Å². The van der Waals surface area contributed by atoms with E-state index in [1.807, 2.05) is 0 Å². The molecule has 7 nitrogen and oxygen atoms in total. The maximum absolute atomic E-state index is 10.2. The fraction of sp³-hybridized carbons (Fsp3) is 0.308. The number of azide groups is 1. The highest BCUT2D eigenvalue weighted by Crippen LogP contribution is 2.37. The van der Waals surface area contributed by atoms with Crippen molar-refractivity contribution < 1.29 is 15.3 Å². The van der Waals surface area contributed by atoms with Gasteiger partial charge >= 0.3 is 0 Å². The highest BCUT2D eigenvalue weighted by Gasteiger charge is 2.23. The molecule has 0 saturated heterocycles. The van der Waals surface area contributed by atoms with Gasteiger partial charge in [-0.3, -0.25) is 4.98 Å². The first-order valence-corrected chi connectivity index (χ1v) is 6.57. The number of aliphatic hydroxyl groups is 2. The molecule has 0 spiro atoms. The average Bonchev–Trinajstić information content (AvgIpc) is 2.50. The Morgan fingerprint density at radius 3 is 2.90 bits per heavy atom. The number of nitrogens with zero attached hydrogens (tertiary/aromatic N) is 4. The Labute approximate surface area is 125 Å². The summed E-state index contributed by atoms with van der Waals surface area (Å²) in [5.74, 6) is -0.231. The summed E-state index contributed by atoms with van der Waals surface area (Å²) in [7, 11) is 0. The van der Waals surface area contributed by atoms with Crippen LogP contribution in [0.1, 0.15) is 18.1 Å². The number of halogens is 1. The highest BCUT2D eigenvalue weighted by molar-refractivity contribution is 6.35. The molecule has 2 atom stereocenters. The molecule has 8 heteroatoms. The summed E-state index contributed by atoms with van der Waals surface area (Å²) in [6, 6.07) is 4.76. The van der Waals surface area contributed by atoms with Crippen molar-refractivity contribution in [2.24, 2.45) is 5.11 Å². The van der Waals surface area contributed by atoms with Crippen LogP contribution < -0.4 is 0 Å². The lowest BCUT2D eigenvalue weighted by atomic mass is 9.99. The smallest absolute Gasteiger partial charge is 0.147 e. The summed E-state index contributed by atoms with van der Waals surface area (Å²) in [6.45, 7) is 0.0368. The number of rotatable bonds is 5. The van der Waals surface area contributed by atoms with Crippen molar-refractivity contribution in [1.29, 1.82) is 0 Å². The van der Waals surface area contributed by atoms with Gasteiger partial charge in [0.25, 0.3) is 0 Å². The minimum atomic E-state index is -1.36. The van der Waals surface area contributed by atoms with Crippen molar-refractivity contribution in [3.05, 3.63) is 45.4 Å². The van der Waals surface area contributed by atoms with Gasteiger partial charge in [-0.1, -0.05) is 16.7 Å². The number of benzene rings is 1. The van der Waals surface area contributed by atoms with E-state index in [9.17, 15) is 15.3 Å². The molecule has 1 aromatic heterocycles. The molecule has 0 amide bonds. The zero-order valence-corrected chi connectivity index (χ0v) is 11.6. The molecule has 21 heavy (non-hydrogen) atoms. The zero-order chi connectivity index (χ0) is 15.4.